The second-order valence-corrected chi connectivity index (χ2v) is 8.09. The molecule has 0 saturated carbocycles. The third-order valence-corrected chi connectivity index (χ3v) is 5.50. The van der Waals surface area contributed by atoms with Gasteiger partial charge in [0, 0.05) is 31.1 Å². The van der Waals surface area contributed by atoms with Gasteiger partial charge in [0.25, 0.3) is 11.1 Å². The second-order valence-electron chi connectivity index (χ2n) is 7.68. The molecule has 0 unspecified atom stereocenters. The van der Waals surface area contributed by atoms with E-state index < -0.39 is 53.0 Å². The summed E-state index contributed by atoms with van der Waals surface area (Å²) in [6.07, 6.45) is 2.65. The normalized spacial score (nSPS) is 11.0. The Hall–Kier alpha value is -4.39. The van der Waals surface area contributed by atoms with Crippen molar-refractivity contribution in [2.45, 2.75) is 13.1 Å². The van der Waals surface area contributed by atoms with E-state index in [0.717, 1.165) is 10.6 Å². The minimum Gasteiger partial charge on any atom is -0.329 e. The maximum absolute atomic E-state index is 13.8. The molecule has 0 amide bonds. The highest BCUT2D eigenvalue weighted by atomic mass is 35.5. The first kappa shape index (κ1) is 24.7. The van der Waals surface area contributed by atoms with Crippen LogP contribution in [0.1, 0.15) is 11.1 Å². The smallest absolute Gasteiger partial charge is 0.329 e. The molecular weight excluding hydrogens is 505 g/mol. The van der Waals surface area contributed by atoms with Gasteiger partial charge < -0.3 is 14.9 Å². The molecule has 0 radical (unpaired) electrons. The summed E-state index contributed by atoms with van der Waals surface area (Å²) in [5.41, 5.74) is -3.01. The molecule has 0 bridgehead atoms. The number of rotatable bonds is 6. The highest BCUT2D eigenvalue weighted by Gasteiger charge is 2.18. The lowest BCUT2D eigenvalue weighted by atomic mass is 10.2. The Kier molecular flexibility index (Phi) is 6.66. The van der Waals surface area contributed by atoms with Gasteiger partial charge in [-0.3, -0.25) is 14.2 Å². The van der Waals surface area contributed by atoms with E-state index >= 15 is 0 Å². The number of nitrogens with one attached hydrogen (secondary N) is 2. The van der Waals surface area contributed by atoms with Gasteiger partial charge in [-0.25, -0.2) is 27.3 Å². The lowest BCUT2D eigenvalue weighted by Crippen LogP contribution is -2.43. The van der Waals surface area contributed by atoms with Gasteiger partial charge in [0.2, 0.25) is 5.95 Å². The van der Waals surface area contributed by atoms with E-state index in [1.807, 2.05) is 0 Å². The van der Waals surface area contributed by atoms with Crippen molar-refractivity contribution in [2.24, 2.45) is 7.05 Å². The molecule has 3 heterocycles. The Morgan fingerprint density at radius 2 is 1.72 bits per heavy atom. The predicted molar refractivity (Wildman–Crippen MR) is 124 cm³/mol. The molecule has 0 aliphatic heterocycles. The lowest BCUT2D eigenvalue weighted by Gasteiger charge is -2.16. The molecule has 3 aromatic heterocycles. The Balaban J connectivity index is 1.88. The molecule has 4 aromatic rings. The predicted octanol–water partition coefficient (Wildman–Crippen LogP) is 1.70. The Bertz CT molecular complexity index is 1700. The summed E-state index contributed by atoms with van der Waals surface area (Å²) in [7, 11) is 1.43. The highest BCUT2D eigenvalue weighted by Crippen LogP contribution is 2.22. The van der Waals surface area contributed by atoms with Crippen LogP contribution in [0, 0.1) is 17.5 Å². The van der Waals surface area contributed by atoms with Crippen LogP contribution in [0.3, 0.4) is 0 Å². The van der Waals surface area contributed by atoms with E-state index in [0.29, 0.717) is 16.7 Å². The van der Waals surface area contributed by atoms with Crippen LogP contribution in [0.15, 0.2) is 61.9 Å². The van der Waals surface area contributed by atoms with Gasteiger partial charge in [0.05, 0.1) is 23.8 Å². The number of aryl methyl sites for hydroxylation is 1. The number of hydrogen-bond donors (Lipinski definition) is 2. The van der Waals surface area contributed by atoms with Crippen LogP contribution in [0.2, 0.25) is 5.02 Å². The molecule has 1 aromatic carbocycles. The number of anilines is 2. The van der Waals surface area contributed by atoms with Gasteiger partial charge in [-0.2, -0.15) is 4.98 Å². The van der Waals surface area contributed by atoms with Crippen molar-refractivity contribution in [1.82, 2.24) is 23.7 Å². The standard InChI is InChI=1S/C22H16ClF3N6O4/c1-30-10-16(13(23)7-17(30)33)28-20-29-21(35)32(9-12-3-2-4-27-19(12)34)22(36)31(20)8-11-5-14(24)18(26)15(25)6-11/h2-7,10H,8-9H2,1H3,(H,27,34)(H,28,29,35). The van der Waals surface area contributed by atoms with E-state index in [4.69, 9.17) is 11.6 Å². The largest absolute Gasteiger partial charge is 0.355 e. The topological polar surface area (TPSA) is 124 Å². The zero-order valence-corrected chi connectivity index (χ0v) is 19.1. The molecule has 0 spiro atoms. The fourth-order valence-electron chi connectivity index (χ4n) is 3.36. The number of hydrogen-bond acceptors (Lipinski definition) is 6. The van der Waals surface area contributed by atoms with Crippen LogP contribution in [0.25, 0.3) is 0 Å². The number of benzene rings is 1. The van der Waals surface area contributed by atoms with Crippen molar-refractivity contribution in [3.63, 3.8) is 0 Å². The van der Waals surface area contributed by atoms with Crippen molar-refractivity contribution in [3.05, 3.63) is 118 Å². The minimum atomic E-state index is -1.69. The maximum atomic E-state index is 13.8. The molecule has 0 saturated heterocycles. The lowest BCUT2D eigenvalue weighted by molar-refractivity contribution is 0.444. The van der Waals surface area contributed by atoms with Crippen molar-refractivity contribution in [1.29, 1.82) is 0 Å². The molecule has 186 valence electrons. The first-order valence-electron chi connectivity index (χ1n) is 10.2. The molecule has 36 heavy (non-hydrogen) atoms. The van der Waals surface area contributed by atoms with Crippen LogP contribution >= 0.6 is 11.6 Å². The number of nitrogens with zero attached hydrogens (tertiary/aromatic N) is 4. The van der Waals surface area contributed by atoms with E-state index in [1.165, 1.54) is 36.1 Å². The van der Waals surface area contributed by atoms with Gasteiger partial charge in [-0.15, -0.1) is 0 Å². The number of aromatic amines is 1. The van der Waals surface area contributed by atoms with Gasteiger partial charge in [0.1, 0.15) is 0 Å². The first-order chi connectivity index (χ1) is 17.0. The van der Waals surface area contributed by atoms with E-state index in [1.54, 1.807) is 0 Å². The molecule has 4 rings (SSSR count). The van der Waals surface area contributed by atoms with E-state index in [-0.39, 0.29) is 27.8 Å². The quantitative estimate of drug-likeness (QED) is 0.373. The molecule has 10 nitrogen and oxygen atoms in total. The van der Waals surface area contributed by atoms with Crippen molar-refractivity contribution < 1.29 is 13.2 Å². The summed E-state index contributed by atoms with van der Waals surface area (Å²) >= 11 is 6.11. The minimum absolute atomic E-state index is 0.0576. The van der Waals surface area contributed by atoms with Gasteiger partial charge in [0.15, 0.2) is 17.5 Å². The Labute approximate surface area is 203 Å². The van der Waals surface area contributed by atoms with Crippen LogP contribution in [0.4, 0.5) is 24.8 Å². The van der Waals surface area contributed by atoms with Gasteiger partial charge in [-0.1, -0.05) is 17.7 Å². The summed E-state index contributed by atoms with van der Waals surface area (Å²) in [6.45, 7) is -0.995. The van der Waals surface area contributed by atoms with E-state index in [2.05, 4.69) is 15.3 Å². The molecule has 0 aliphatic rings. The number of aromatic nitrogens is 5. The highest BCUT2D eigenvalue weighted by molar-refractivity contribution is 6.33. The molecule has 0 fully saturated rings. The Morgan fingerprint density at radius 3 is 2.39 bits per heavy atom. The third-order valence-electron chi connectivity index (χ3n) is 5.19. The summed E-state index contributed by atoms with van der Waals surface area (Å²) < 4.78 is 43.8. The zero-order chi connectivity index (χ0) is 26.1. The van der Waals surface area contributed by atoms with Crippen molar-refractivity contribution in [2.75, 3.05) is 5.32 Å². The Morgan fingerprint density at radius 1 is 1.03 bits per heavy atom. The summed E-state index contributed by atoms with van der Waals surface area (Å²) in [4.78, 5) is 56.2. The first-order valence-corrected chi connectivity index (χ1v) is 10.6. The number of halogens is 4. The average Bonchev–Trinajstić information content (AvgIpc) is 2.82. The molecule has 0 atom stereocenters. The average molecular weight is 521 g/mol. The van der Waals surface area contributed by atoms with Gasteiger partial charge in [-0.05, 0) is 23.8 Å². The van der Waals surface area contributed by atoms with Crippen LogP contribution < -0.4 is 27.8 Å². The number of H-pyrrole nitrogens is 1. The molecule has 14 heteroatoms. The van der Waals surface area contributed by atoms with Crippen molar-refractivity contribution in [3.8, 4) is 0 Å². The third kappa shape index (κ3) is 4.86. The van der Waals surface area contributed by atoms with Crippen LogP contribution in [-0.2, 0) is 20.1 Å². The number of pyridine rings is 2. The van der Waals surface area contributed by atoms with Crippen LogP contribution in [0.5, 0.6) is 0 Å². The summed E-state index contributed by atoms with van der Waals surface area (Å²) in [6, 6.07) is 5.35. The van der Waals surface area contributed by atoms with Crippen LogP contribution in [-0.4, -0.2) is 23.7 Å². The SMILES string of the molecule is Cn1cc(Nc2nc(=O)n(Cc3ccc[nH]c3=O)c(=O)n2Cc2cc(F)c(F)c(F)c2)c(Cl)cc1=O. The second kappa shape index (κ2) is 9.70. The summed E-state index contributed by atoms with van der Waals surface area (Å²) in [5, 5.41) is 2.61. The molecular formula is C22H16ClF3N6O4. The monoisotopic (exact) mass is 520 g/mol. The van der Waals surface area contributed by atoms with Crippen molar-refractivity contribution >= 4 is 23.2 Å². The van der Waals surface area contributed by atoms with E-state index in [9.17, 15) is 32.3 Å². The fourth-order valence-corrected chi connectivity index (χ4v) is 3.54. The summed E-state index contributed by atoms with van der Waals surface area (Å²) in [5.74, 6) is -5.03. The molecule has 2 N–H and O–H groups in total. The van der Waals surface area contributed by atoms with Gasteiger partial charge >= 0.3 is 11.4 Å². The molecule has 0 aliphatic carbocycles. The maximum Gasteiger partial charge on any atom is 0.355 e. The fraction of sp³-hybridized carbons (Fsp3) is 0.136. The zero-order valence-electron chi connectivity index (χ0n) is 18.4.